The minimum Gasteiger partial charge on any atom is -0.444 e. The predicted octanol–water partition coefficient (Wildman–Crippen LogP) is 11.0. The first-order chi connectivity index (χ1) is 27.3. The van der Waals surface area contributed by atoms with Crippen LogP contribution in [0.1, 0.15) is 92.7 Å². The number of ether oxygens (including phenoxy) is 3. The first-order valence-corrected chi connectivity index (χ1v) is 20.5. The van der Waals surface area contributed by atoms with Crippen molar-refractivity contribution >= 4 is 40.1 Å². The first kappa shape index (κ1) is 43.6. The molecule has 0 aliphatic rings. The highest BCUT2D eigenvalue weighted by Gasteiger charge is 2.19. The number of nitrogens with zero attached hydrogens (tertiary/aromatic N) is 1. The molecule has 10 heteroatoms. The molecule has 58 heavy (non-hydrogen) atoms. The number of alkyl carbamates (subject to hydrolysis) is 3. The number of amides is 3. The van der Waals surface area contributed by atoms with E-state index in [0.717, 1.165) is 59.0 Å². The Morgan fingerprint density at radius 1 is 0.483 bits per heavy atom. The smallest absolute Gasteiger partial charge is 0.407 e. The average Bonchev–Trinajstić information content (AvgIpc) is 3.43. The van der Waals surface area contributed by atoms with Crippen LogP contribution in [0.2, 0.25) is 0 Å². The summed E-state index contributed by atoms with van der Waals surface area (Å²) in [5.74, 6) is 0. The summed E-state index contributed by atoms with van der Waals surface area (Å²) in [6, 6.07) is 30.5. The van der Waals surface area contributed by atoms with E-state index in [0.29, 0.717) is 32.6 Å². The van der Waals surface area contributed by atoms with E-state index in [1.165, 1.54) is 21.9 Å². The summed E-state index contributed by atoms with van der Waals surface area (Å²) in [4.78, 5) is 36.6. The van der Waals surface area contributed by atoms with Gasteiger partial charge in [0.1, 0.15) is 16.8 Å². The van der Waals surface area contributed by atoms with E-state index in [1.54, 1.807) is 0 Å². The van der Waals surface area contributed by atoms with Crippen molar-refractivity contribution in [3.05, 3.63) is 96.1 Å². The standard InChI is InChI=1S/C48H62N4O6/c1-46(2,3)56-43(53)49-25-12-17-33-15-10-19-35(29-33)37-21-23-39-40-24-22-38(36-20-11-16-34(30-36)18-13-26-50-44(54)57-47(4,5)6)32-42(40)52(41(39)31-37)28-14-27-51-45(55)58-48(7,8)9/h10-11,15-16,19-24,29-32H,12-14,17-18,25-28H2,1-9H3,(H,49,53)(H,50,54)(H,51,55). The Morgan fingerprint density at radius 3 is 1.22 bits per heavy atom. The molecule has 0 atom stereocenters. The number of aryl methyl sites for hydroxylation is 3. The number of nitrogens with one attached hydrogen (secondary N) is 3. The third kappa shape index (κ3) is 13.3. The second-order valence-corrected chi connectivity index (χ2v) is 17.9. The number of carbonyl (C=O) groups excluding carboxylic acids is 3. The number of aromatic nitrogens is 1. The van der Waals surface area contributed by atoms with E-state index in [4.69, 9.17) is 14.2 Å². The number of rotatable bonds is 14. The highest BCUT2D eigenvalue weighted by Crippen LogP contribution is 2.35. The Balaban J connectivity index is 1.38. The van der Waals surface area contributed by atoms with E-state index in [-0.39, 0.29) is 0 Å². The molecule has 0 fully saturated rings. The number of carbonyl (C=O) groups is 3. The SMILES string of the molecule is CC(C)(C)OC(=O)NCCCc1cccc(-c2ccc3c4ccc(-c5cccc(CCCNC(=O)OC(C)(C)C)c5)cc4n(CCCNC(=O)OC(C)(C)C)c3c2)c1. The lowest BCUT2D eigenvalue weighted by Gasteiger charge is -2.19. The van der Waals surface area contributed by atoms with Gasteiger partial charge in [-0.15, -0.1) is 0 Å². The first-order valence-electron chi connectivity index (χ1n) is 20.5. The Kier molecular flexibility index (Phi) is 14.2. The Hall–Kier alpha value is -5.51. The zero-order chi connectivity index (χ0) is 42.1. The molecule has 3 amide bonds. The van der Waals surface area contributed by atoms with Gasteiger partial charge in [0.2, 0.25) is 0 Å². The second kappa shape index (κ2) is 18.8. The highest BCUT2D eigenvalue weighted by atomic mass is 16.6. The van der Waals surface area contributed by atoms with Gasteiger partial charge in [0.25, 0.3) is 0 Å². The van der Waals surface area contributed by atoms with Crippen LogP contribution < -0.4 is 16.0 Å². The van der Waals surface area contributed by atoms with E-state index in [9.17, 15) is 14.4 Å². The maximum Gasteiger partial charge on any atom is 0.407 e. The van der Waals surface area contributed by atoms with Crippen LogP contribution in [0, 0.1) is 0 Å². The summed E-state index contributed by atoms with van der Waals surface area (Å²) in [5.41, 5.74) is 7.52. The van der Waals surface area contributed by atoms with Gasteiger partial charge in [-0.05, 0) is 140 Å². The third-order valence-corrected chi connectivity index (χ3v) is 9.24. The van der Waals surface area contributed by atoms with Crippen LogP contribution in [0.5, 0.6) is 0 Å². The molecule has 1 aromatic heterocycles. The summed E-state index contributed by atoms with van der Waals surface area (Å²) in [6.45, 7) is 19.0. The molecule has 0 aliphatic carbocycles. The normalized spacial score (nSPS) is 12.0. The lowest BCUT2D eigenvalue weighted by atomic mass is 9.98. The quantitative estimate of drug-likeness (QED) is 0.0761. The minimum absolute atomic E-state index is 0.396. The van der Waals surface area contributed by atoms with Gasteiger partial charge >= 0.3 is 18.3 Å². The molecule has 10 nitrogen and oxygen atoms in total. The number of hydrogen-bond donors (Lipinski definition) is 3. The van der Waals surface area contributed by atoms with Crippen molar-refractivity contribution in [2.45, 2.75) is 118 Å². The van der Waals surface area contributed by atoms with E-state index in [2.05, 4.69) is 105 Å². The van der Waals surface area contributed by atoms with Gasteiger partial charge in [-0.3, -0.25) is 0 Å². The summed E-state index contributed by atoms with van der Waals surface area (Å²) in [6.07, 6.45) is 2.74. The van der Waals surface area contributed by atoms with Gasteiger partial charge < -0.3 is 34.7 Å². The molecule has 0 radical (unpaired) electrons. The highest BCUT2D eigenvalue weighted by molar-refractivity contribution is 6.10. The Labute approximate surface area is 344 Å². The van der Waals surface area contributed by atoms with Gasteiger partial charge in [-0.25, -0.2) is 14.4 Å². The van der Waals surface area contributed by atoms with Crippen LogP contribution in [0.4, 0.5) is 14.4 Å². The Morgan fingerprint density at radius 2 is 0.845 bits per heavy atom. The molecule has 4 aromatic carbocycles. The fraction of sp³-hybridized carbons (Fsp3) is 0.438. The molecule has 5 rings (SSSR count). The lowest BCUT2D eigenvalue weighted by molar-refractivity contribution is 0.0515. The molecule has 0 spiro atoms. The largest absolute Gasteiger partial charge is 0.444 e. The summed E-state index contributed by atoms with van der Waals surface area (Å²) in [7, 11) is 0. The molecular weight excluding hydrogens is 729 g/mol. The topological polar surface area (TPSA) is 120 Å². The third-order valence-electron chi connectivity index (χ3n) is 9.24. The van der Waals surface area contributed by atoms with Crippen molar-refractivity contribution < 1.29 is 28.6 Å². The second-order valence-electron chi connectivity index (χ2n) is 17.9. The monoisotopic (exact) mass is 790 g/mol. The summed E-state index contributed by atoms with van der Waals surface area (Å²) in [5, 5.41) is 11.0. The maximum atomic E-state index is 12.4. The molecule has 0 unspecified atom stereocenters. The Bertz CT molecular complexity index is 2070. The minimum atomic E-state index is -0.563. The van der Waals surface area contributed by atoms with Gasteiger partial charge in [-0.1, -0.05) is 72.8 Å². The van der Waals surface area contributed by atoms with Crippen LogP contribution in [0.25, 0.3) is 44.1 Å². The maximum absolute atomic E-state index is 12.4. The van der Waals surface area contributed by atoms with Crippen LogP contribution in [-0.4, -0.2) is 59.3 Å². The molecule has 3 N–H and O–H groups in total. The average molecular weight is 791 g/mol. The molecule has 0 saturated carbocycles. The predicted molar refractivity (Wildman–Crippen MR) is 234 cm³/mol. The number of hydrogen-bond acceptors (Lipinski definition) is 6. The van der Waals surface area contributed by atoms with Gasteiger partial charge in [0.05, 0.1) is 0 Å². The molecular formula is C48H62N4O6. The van der Waals surface area contributed by atoms with Crippen molar-refractivity contribution in [3.63, 3.8) is 0 Å². The fourth-order valence-electron chi connectivity index (χ4n) is 6.84. The molecule has 0 bridgehead atoms. The van der Waals surface area contributed by atoms with Crippen molar-refractivity contribution in [3.8, 4) is 22.3 Å². The number of fused-ring (bicyclic) bond motifs is 3. The van der Waals surface area contributed by atoms with E-state index in [1.807, 2.05) is 62.3 Å². The zero-order valence-electron chi connectivity index (χ0n) is 35.8. The number of benzene rings is 4. The lowest BCUT2D eigenvalue weighted by Crippen LogP contribution is -2.33. The van der Waals surface area contributed by atoms with Crippen LogP contribution in [0.3, 0.4) is 0 Å². The molecule has 310 valence electrons. The van der Waals surface area contributed by atoms with Crippen molar-refractivity contribution in [1.82, 2.24) is 20.5 Å². The van der Waals surface area contributed by atoms with Gasteiger partial charge in [0.15, 0.2) is 0 Å². The van der Waals surface area contributed by atoms with Gasteiger partial charge in [-0.2, -0.15) is 0 Å². The zero-order valence-corrected chi connectivity index (χ0v) is 35.8. The summed E-state index contributed by atoms with van der Waals surface area (Å²) < 4.78 is 18.6. The van der Waals surface area contributed by atoms with Crippen molar-refractivity contribution in [1.29, 1.82) is 0 Å². The van der Waals surface area contributed by atoms with Crippen LogP contribution >= 0.6 is 0 Å². The van der Waals surface area contributed by atoms with Crippen molar-refractivity contribution in [2.75, 3.05) is 19.6 Å². The van der Waals surface area contributed by atoms with Crippen LogP contribution in [-0.2, 0) is 33.6 Å². The molecule has 0 aliphatic heterocycles. The van der Waals surface area contributed by atoms with Gasteiger partial charge in [0, 0.05) is 48.0 Å². The summed E-state index contributed by atoms with van der Waals surface area (Å²) >= 11 is 0. The van der Waals surface area contributed by atoms with Crippen molar-refractivity contribution in [2.24, 2.45) is 0 Å². The molecule has 0 saturated heterocycles. The fourth-order valence-corrected chi connectivity index (χ4v) is 6.84. The van der Waals surface area contributed by atoms with E-state index >= 15 is 0 Å². The molecule has 5 aromatic rings. The van der Waals surface area contributed by atoms with E-state index < -0.39 is 35.1 Å². The van der Waals surface area contributed by atoms with Crippen LogP contribution in [0.15, 0.2) is 84.9 Å². The molecule has 1 heterocycles.